The van der Waals surface area contributed by atoms with Gasteiger partial charge in [-0.05, 0) is 36.4 Å². The van der Waals surface area contributed by atoms with Gasteiger partial charge in [-0.3, -0.25) is 0 Å². The number of morpholine rings is 1. The van der Waals surface area contributed by atoms with Gasteiger partial charge in [0.1, 0.15) is 15.3 Å². The van der Waals surface area contributed by atoms with Crippen LogP contribution in [0.1, 0.15) is 12.7 Å². The van der Waals surface area contributed by atoms with Crippen molar-refractivity contribution in [3.8, 4) is 0 Å². The summed E-state index contributed by atoms with van der Waals surface area (Å²) < 4.78 is 6.50. The molecule has 1 unspecified atom stereocenters. The number of halogens is 1. The summed E-state index contributed by atoms with van der Waals surface area (Å²) in [5.41, 5.74) is 0. The van der Waals surface area contributed by atoms with Crippen LogP contribution in [0.4, 0.5) is 5.82 Å². The molecular formula is C10H14IN3O. The first-order valence-electron chi connectivity index (χ1n) is 5.03. The summed E-state index contributed by atoms with van der Waals surface area (Å²) >= 11 is 2.22. The Morgan fingerprint density at radius 2 is 2.33 bits per heavy atom. The topological polar surface area (TPSA) is 38.2 Å². The fourth-order valence-corrected chi connectivity index (χ4v) is 2.33. The monoisotopic (exact) mass is 319 g/mol. The lowest BCUT2D eigenvalue weighted by molar-refractivity contribution is 0.0529. The average Bonchev–Trinajstić information content (AvgIpc) is 2.16. The van der Waals surface area contributed by atoms with Gasteiger partial charge in [-0.2, -0.15) is 0 Å². The first-order valence-corrected chi connectivity index (χ1v) is 6.11. The molecule has 82 valence electrons. The first-order chi connectivity index (χ1) is 7.15. The maximum Gasteiger partial charge on any atom is 0.133 e. The summed E-state index contributed by atoms with van der Waals surface area (Å²) in [7, 11) is 0. The van der Waals surface area contributed by atoms with E-state index in [1.54, 1.807) is 0 Å². The van der Waals surface area contributed by atoms with Crippen molar-refractivity contribution in [3.05, 3.63) is 15.6 Å². The molecule has 0 aromatic carbocycles. The third kappa shape index (κ3) is 2.78. The minimum Gasteiger partial charge on any atom is -0.375 e. The van der Waals surface area contributed by atoms with Crippen LogP contribution in [0.25, 0.3) is 0 Å². The molecule has 1 aliphatic rings. The molecule has 1 aromatic rings. The lowest BCUT2D eigenvalue weighted by atomic mass is 10.3. The quantitative estimate of drug-likeness (QED) is 0.582. The van der Waals surface area contributed by atoms with Crippen LogP contribution >= 0.6 is 22.6 Å². The third-order valence-electron chi connectivity index (χ3n) is 2.36. The lowest BCUT2D eigenvalue weighted by Crippen LogP contribution is -2.41. The van der Waals surface area contributed by atoms with E-state index in [1.165, 1.54) is 0 Å². The van der Waals surface area contributed by atoms with Gasteiger partial charge in [0.25, 0.3) is 0 Å². The van der Waals surface area contributed by atoms with E-state index in [0.717, 1.165) is 35.0 Å². The molecule has 1 fully saturated rings. The third-order valence-corrected chi connectivity index (χ3v) is 2.91. The van der Waals surface area contributed by atoms with E-state index in [9.17, 15) is 0 Å². The Hall–Kier alpha value is -0.430. The van der Waals surface area contributed by atoms with Gasteiger partial charge in [-0.25, -0.2) is 9.97 Å². The standard InChI is InChI=1S/C10H14IN3O/c1-7-6-14(3-4-15-7)10-5-9(11)12-8(2)13-10/h5,7H,3-4,6H2,1-2H3. The van der Waals surface area contributed by atoms with Crippen LogP contribution in [0.5, 0.6) is 0 Å². The highest BCUT2D eigenvalue weighted by Gasteiger charge is 2.18. The van der Waals surface area contributed by atoms with Crippen molar-refractivity contribution in [1.29, 1.82) is 0 Å². The predicted molar refractivity (Wildman–Crippen MR) is 67.1 cm³/mol. The summed E-state index contributed by atoms with van der Waals surface area (Å²) in [4.78, 5) is 11.0. The highest BCUT2D eigenvalue weighted by atomic mass is 127. The summed E-state index contributed by atoms with van der Waals surface area (Å²) in [6.45, 7) is 6.62. The zero-order chi connectivity index (χ0) is 10.8. The Balaban J connectivity index is 2.20. The highest BCUT2D eigenvalue weighted by molar-refractivity contribution is 14.1. The molecule has 4 nitrogen and oxygen atoms in total. The number of hydrogen-bond donors (Lipinski definition) is 0. The number of hydrogen-bond acceptors (Lipinski definition) is 4. The number of aromatic nitrogens is 2. The molecule has 0 aliphatic carbocycles. The van der Waals surface area contributed by atoms with Gasteiger partial charge in [-0.15, -0.1) is 0 Å². The molecule has 0 bridgehead atoms. The van der Waals surface area contributed by atoms with Crippen LogP contribution in [-0.2, 0) is 4.74 Å². The van der Waals surface area contributed by atoms with Gasteiger partial charge >= 0.3 is 0 Å². The minimum absolute atomic E-state index is 0.284. The van der Waals surface area contributed by atoms with E-state index in [1.807, 2.05) is 13.0 Å². The molecule has 2 rings (SSSR count). The van der Waals surface area contributed by atoms with E-state index in [0.29, 0.717) is 0 Å². The van der Waals surface area contributed by atoms with Crippen LogP contribution in [0.3, 0.4) is 0 Å². The Morgan fingerprint density at radius 3 is 3.00 bits per heavy atom. The van der Waals surface area contributed by atoms with Crippen LogP contribution < -0.4 is 4.90 Å². The van der Waals surface area contributed by atoms with Crippen molar-refractivity contribution < 1.29 is 4.74 Å². The normalized spacial score (nSPS) is 21.8. The number of nitrogens with zero attached hydrogens (tertiary/aromatic N) is 3. The first kappa shape index (κ1) is 11.1. The van der Waals surface area contributed by atoms with E-state index in [4.69, 9.17) is 4.74 Å². The Bertz CT molecular complexity index is 338. The number of aryl methyl sites for hydroxylation is 1. The molecule has 1 aromatic heterocycles. The fourth-order valence-electron chi connectivity index (χ4n) is 1.70. The van der Waals surface area contributed by atoms with Gasteiger partial charge in [0.15, 0.2) is 0 Å². The van der Waals surface area contributed by atoms with E-state index in [-0.39, 0.29) is 6.10 Å². The summed E-state index contributed by atoms with van der Waals surface area (Å²) in [6.07, 6.45) is 0.284. The van der Waals surface area contributed by atoms with E-state index < -0.39 is 0 Å². The predicted octanol–water partition coefficient (Wildman–Crippen LogP) is 1.61. The molecule has 0 N–H and O–H groups in total. The van der Waals surface area contributed by atoms with Crippen LogP contribution in [0.15, 0.2) is 6.07 Å². The summed E-state index contributed by atoms with van der Waals surface area (Å²) in [5, 5.41) is 0. The summed E-state index contributed by atoms with van der Waals surface area (Å²) in [6, 6.07) is 2.02. The van der Waals surface area contributed by atoms with E-state index >= 15 is 0 Å². The van der Waals surface area contributed by atoms with Gasteiger partial charge < -0.3 is 9.64 Å². The van der Waals surface area contributed by atoms with Crippen molar-refractivity contribution in [3.63, 3.8) is 0 Å². The Morgan fingerprint density at radius 1 is 1.53 bits per heavy atom. The molecule has 0 radical (unpaired) electrons. The summed E-state index contributed by atoms with van der Waals surface area (Å²) in [5.74, 6) is 1.85. The number of ether oxygens (including phenoxy) is 1. The molecule has 0 saturated carbocycles. The molecule has 1 aliphatic heterocycles. The van der Waals surface area contributed by atoms with Crippen molar-refractivity contribution in [2.24, 2.45) is 0 Å². The molecular weight excluding hydrogens is 305 g/mol. The van der Waals surface area contributed by atoms with Crippen molar-refractivity contribution in [1.82, 2.24) is 9.97 Å². The molecule has 2 heterocycles. The molecule has 1 saturated heterocycles. The minimum atomic E-state index is 0.284. The number of rotatable bonds is 1. The maximum absolute atomic E-state index is 5.50. The zero-order valence-corrected chi connectivity index (χ0v) is 11.1. The average molecular weight is 319 g/mol. The molecule has 0 spiro atoms. The molecule has 5 heteroatoms. The van der Waals surface area contributed by atoms with E-state index in [2.05, 4.69) is 44.4 Å². The molecule has 0 amide bonds. The fraction of sp³-hybridized carbons (Fsp3) is 0.600. The van der Waals surface area contributed by atoms with Crippen LogP contribution in [0.2, 0.25) is 0 Å². The Kier molecular flexibility index (Phi) is 3.40. The van der Waals surface area contributed by atoms with Gasteiger partial charge in [0.2, 0.25) is 0 Å². The lowest BCUT2D eigenvalue weighted by Gasteiger charge is -2.32. The highest BCUT2D eigenvalue weighted by Crippen LogP contribution is 2.17. The smallest absolute Gasteiger partial charge is 0.133 e. The molecule has 1 atom stereocenters. The van der Waals surface area contributed by atoms with Crippen LogP contribution in [0, 0.1) is 10.6 Å². The maximum atomic E-state index is 5.50. The van der Waals surface area contributed by atoms with Gasteiger partial charge in [0.05, 0.1) is 12.7 Å². The second-order valence-electron chi connectivity index (χ2n) is 3.72. The SMILES string of the molecule is Cc1nc(I)cc(N2CCOC(C)C2)n1. The second-order valence-corrected chi connectivity index (χ2v) is 4.83. The van der Waals surface area contributed by atoms with Gasteiger partial charge in [0, 0.05) is 19.2 Å². The zero-order valence-electron chi connectivity index (χ0n) is 8.90. The van der Waals surface area contributed by atoms with Crippen molar-refractivity contribution in [2.75, 3.05) is 24.6 Å². The number of anilines is 1. The molecule has 15 heavy (non-hydrogen) atoms. The van der Waals surface area contributed by atoms with Crippen molar-refractivity contribution in [2.45, 2.75) is 20.0 Å². The van der Waals surface area contributed by atoms with Gasteiger partial charge in [-0.1, -0.05) is 0 Å². The second kappa shape index (κ2) is 4.61. The Labute approximate surface area is 103 Å². The van der Waals surface area contributed by atoms with Crippen molar-refractivity contribution >= 4 is 28.4 Å². The largest absolute Gasteiger partial charge is 0.375 e. The van der Waals surface area contributed by atoms with Crippen LogP contribution in [-0.4, -0.2) is 35.8 Å².